The van der Waals surface area contributed by atoms with Crippen LogP contribution in [-0.4, -0.2) is 13.1 Å². The minimum Gasteiger partial charge on any atom is -0.316 e. The zero-order valence-corrected chi connectivity index (χ0v) is 11.4. The third-order valence-corrected chi connectivity index (χ3v) is 5.41. The lowest BCUT2D eigenvalue weighted by Crippen LogP contribution is -2.51. The van der Waals surface area contributed by atoms with Gasteiger partial charge in [0.15, 0.2) is 0 Å². The highest BCUT2D eigenvalue weighted by molar-refractivity contribution is 4.98. The molecule has 4 unspecified atom stereocenters. The summed E-state index contributed by atoms with van der Waals surface area (Å²) in [6, 6.07) is 0. The van der Waals surface area contributed by atoms with Crippen LogP contribution in [0.25, 0.3) is 0 Å². The fourth-order valence-corrected chi connectivity index (χ4v) is 4.43. The van der Waals surface area contributed by atoms with Crippen molar-refractivity contribution in [3.63, 3.8) is 0 Å². The predicted octanol–water partition coefficient (Wildman–Crippen LogP) is 3.84. The molecule has 0 aromatic rings. The van der Waals surface area contributed by atoms with Gasteiger partial charge in [0, 0.05) is 0 Å². The SMILES string of the molecule is CCCC1CNCCC12CC(C)CCC2C. The van der Waals surface area contributed by atoms with Gasteiger partial charge in [-0.2, -0.15) is 0 Å². The number of hydrogen-bond donors (Lipinski definition) is 1. The maximum atomic E-state index is 3.63. The highest BCUT2D eigenvalue weighted by atomic mass is 14.9. The van der Waals surface area contributed by atoms with E-state index in [9.17, 15) is 0 Å². The summed E-state index contributed by atoms with van der Waals surface area (Å²) in [7, 11) is 0. The lowest BCUT2D eigenvalue weighted by Gasteiger charge is -2.53. The van der Waals surface area contributed by atoms with Gasteiger partial charge < -0.3 is 5.32 Å². The molecule has 1 aliphatic carbocycles. The number of rotatable bonds is 2. The van der Waals surface area contributed by atoms with Gasteiger partial charge >= 0.3 is 0 Å². The van der Waals surface area contributed by atoms with Crippen molar-refractivity contribution in [3.8, 4) is 0 Å². The second kappa shape index (κ2) is 5.08. The van der Waals surface area contributed by atoms with Crippen molar-refractivity contribution in [3.05, 3.63) is 0 Å². The van der Waals surface area contributed by atoms with Crippen molar-refractivity contribution in [2.75, 3.05) is 13.1 Å². The zero-order valence-electron chi connectivity index (χ0n) is 11.4. The van der Waals surface area contributed by atoms with Crippen LogP contribution in [0.5, 0.6) is 0 Å². The average molecular weight is 223 g/mol. The van der Waals surface area contributed by atoms with E-state index < -0.39 is 0 Å². The van der Waals surface area contributed by atoms with Gasteiger partial charge in [0.2, 0.25) is 0 Å². The maximum Gasteiger partial charge on any atom is -0.00151 e. The van der Waals surface area contributed by atoms with Crippen LogP contribution in [-0.2, 0) is 0 Å². The molecule has 4 atom stereocenters. The Hall–Kier alpha value is -0.0400. The smallest absolute Gasteiger partial charge is 0.00151 e. The van der Waals surface area contributed by atoms with Crippen LogP contribution in [0.1, 0.15) is 59.3 Å². The molecule has 1 heteroatoms. The summed E-state index contributed by atoms with van der Waals surface area (Å²) in [5.74, 6) is 2.88. The molecule has 1 saturated carbocycles. The standard InChI is InChI=1S/C15H29N/c1-4-5-14-11-16-9-8-15(14)10-12(2)6-7-13(15)3/h12-14,16H,4-11H2,1-3H3. The molecule has 1 nitrogen and oxygen atoms in total. The van der Waals surface area contributed by atoms with Gasteiger partial charge in [-0.25, -0.2) is 0 Å². The third kappa shape index (κ3) is 2.16. The first-order valence-corrected chi connectivity index (χ1v) is 7.39. The number of piperidine rings is 1. The first kappa shape index (κ1) is 12.4. The summed E-state index contributed by atoms with van der Waals surface area (Å²) in [6.45, 7) is 9.89. The molecular weight excluding hydrogens is 194 g/mol. The Morgan fingerprint density at radius 1 is 1.25 bits per heavy atom. The molecule has 2 fully saturated rings. The lowest BCUT2D eigenvalue weighted by molar-refractivity contribution is -0.0186. The van der Waals surface area contributed by atoms with Crippen LogP contribution in [0.2, 0.25) is 0 Å². The summed E-state index contributed by atoms with van der Waals surface area (Å²) >= 11 is 0. The minimum absolute atomic E-state index is 0.693. The molecule has 94 valence electrons. The summed E-state index contributed by atoms with van der Waals surface area (Å²) in [4.78, 5) is 0. The summed E-state index contributed by atoms with van der Waals surface area (Å²) in [5.41, 5.74) is 0.693. The van der Waals surface area contributed by atoms with Crippen molar-refractivity contribution in [2.45, 2.75) is 59.3 Å². The number of nitrogens with one attached hydrogen (secondary N) is 1. The molecule has 2 rings (SSSR count). The van der Waals surface area contributed by atoms with Crippen LogP contribution in [0, 0.1) is 23.2 Å². The van der Waals surface area contributed by atoms with E-state index in [0.717, 1.165) is 17.8 Å². The fourth-order valence-electron chi connectivity index (χ4n) is 4.43. The maximum absolute atomic E-state index is 3.63. The molecule has 1 saturated heterocycles. The molecule has 1 aliphatic heterocycles. The molecule has 0 aromatic heterocycles. The molecule has 1 heterocycles. The molecule has 0 amide bonds. The van der Waals surface area contributed by atoms with Crippen LogP contribution >= 0.6 is 0 Å². The quantitative estimate of drug-likeness (QED) is 0.750. The van der Waals surface area contributed by atoms with Gasteiger partial charge in [0.05, 0.1) is 0 Å². The monoisotopic (exact) mass is 223 g/mol. The Balaban J connectivity index is 2.16. The Morgan fingerprint density at radius 3 is 2.81 bits per heavy atom. The Bertz CT molecular complexity index is 223. The molecule has 0 bridgehead atoms. The predicted molar refractivity (Wildman–Crippen MR) is 70.5 cm³/mol. The van der Waals surface area contributed by atoms with Gasteiger partial charge in [-0.05, 0) is 61.9 Å². The van der Waals surface area contributed by atoms with E-state index in [2.05, 4.69) is 26.1 Å². The van der Waals surface area contributed by atoms with E-state index in [4.69, 9.17) is 0 Å². The van der Waals surface area contributed by atoms with Crippen molar-refractivity contribution >= 4 is 0 Å². The first-order chi connectivity index (χ1) is 7.69. The van der Waals surface area contributed by atoms with E-state index in [1.807, 2.05) is 0 Å². The van der Waals surface area contributed by atoms with Gasteiger partial charge in [-0.1, -0.05) is 33.6 Å². The van der Waals surface area contributed by atoms with E-state index in [-0.39, 0.29) is 0 Å². The van der Waals surface area contributed by atoms with Crippen molar-refractivity contribution in [1.82, 2.24) is 5.32 Å². The van der Waals surface area contributed by atoms with Gasteiger partial charge in [0.25, 0.3) is 0 Å². The highest BCUT2D eigenvalue weighted by Gasteiger charge is 2.46. The van der Waals surface area contributed by atoms with Gasteiger partial charge in [0.1, 0.15) is 0 Å². The summed E-state index contributed by atoms with van der Waals surface area (Å²) in [5, 5.41) is 3.63. The summed E-state index contributed by atoms with van der Waals surface area (Å²) in [6.07, 6.45) is 8.67. The van der Waals surface area contributed by atoms with Crippen molar-refractivity contribution in [1.29, 1.82) is 0 Å². The average Bonchev–Trinajstić information content (AvgIpc) is 2.27. The Morgan fingerprint density at radius 2 is 2.06 bits per heavy atom. The topological polar surface area (TPSA) is 12.0 Å². The molecule has 1 spiro atoms. The highest BCUT2D eigenvalue weighted by Crippen LogP contribution is 2.53. The second-order valence-electron chi connectivity index (χ2n) is 6.46. The molecular formula is C15H29N. The fraction of sp³-hybridized carbons (Fsp3) is 1.00. The Kier molecular flexibility index (Phi) is 3.94. The number of hydrogen-bond acceptors (Lipinski definition) is 1. The molecule has 1 N–H and O–H groups in total. The van der Waals surface area contributed by atoms with Crippen molar-refractivity contribution < 1.29 is 0 Å². The molecule has 0 aromatic carbocycles. The third-order valence-electron chi connectivity index (χ3n) is 5.41. The first-order valence-electron chi connectivity index (χ1n) is 7.39. The van der Waals surface area contributed by atoms with Crippen LogP contribution in [0.3, 0.4) is 0 Å². The van der Waals surface area contributed by atoms with Crippen LogP contribution < -0.4 is 5.32 Å². The molecule has 2 aliphatic rings. The second-order valence-corrected chi connectivity index (χ2v) is 6.46. The van der Waals surface area contributed by atoms with E-state index >= 15 is 0 Å². The van der Waals surface area contributed by atoms with E-state index in [1.54, 1.807) is 0 Å². The molecule has 0 radical (unpaired) electrons. The normalized spacial score (nSPS) is 44.8. The zero-order chi connectivity index (χ0) is 11.6. The molecule has 16 heavy (non-hydrogen) atoms. The van der Waals surface area contributed by atoms with E-state index in [1.165, 1.54) is 51.6 Å². The van der Waals surface area contributed by atoms with E-state index in [0.29, 0.717) is 5.41 Å². The summed E-state index contributed by atoms with van der Waals surface area (Å²) < 4.78 is 0. The minimum atomic E-state index is 0.693. The van der Waals surface area contributed by atoms with Gasteiger partial charge in [-0.15, -0.1) is 0 Å². The largest absolute Gasteiger partial charge is 0.316 e. The lowest BCUT2D eigenvalue weighted by atomic mass is 9.54. The van der Waals surface area contributed by atoms with Gasteiger partial charge in [-0.3, -0.25) is 0 Å². The van der Waals surface area contributed by atoms with Crippen LogP contribution in [0.15, 0.2) is 0 Å². The Labute approximate surface area is 101 Å². The van der Waals surface area contributed by atoms with Crippen molar-refractivity contribution in [2.24, 2.45) is 23.2 Å². The van der Waals surface area contributed by atoms with Crippen LogP contribution in [0.4, 0.5) is 0 Å².